The molecule has 0 bridgehead atoms. The molecule has 0 spiro atoms. The molecule has 2 atom stereocenters. The molecule has 11 heteroatoms. The molecule has 42 heavy (non-hydrogen) atoms. The van der Waals surface area contributed by atoms with E-state index in [0.717, 1.165) is 33.2 Å². The normalized spacial score (nSPS) is 16.9. The standard InChI is InChI=1S/C31H33FN6O3S/c1-18(2)42(40)37-11-12-38(29(39)15-22-19(3)34-26-10-9-21(32)14-23(22)26)28(17-37)30-33-16-27(35-30)24-13-20-7-5-6-8-25(20)36-31(24)41-4/h5-10,13-14,16,18,28,34H,11-12,15,17H2,1-4H3,(H,33,35). The van der Waals surface area contributed by atoms with E-state index in [-0.39, 0.29) is 23.4 Å². The lowest BCUT2D eigenvalue weighted by atomic mass is 10.0. The Morgan fingerprint density at radius 2 is 1.98 bits per heavy atom. The summed E-state index contributed by atoms with van der Waals surface area (Å²) in [6, 6.07) is 13.9. The van der Waals surface area contributed by atoms with Gasteiger partial charge in [-0.15, -0.1) is 0 Å². The van der Waals surface area contributed by atoms with Crippen molar-refractivity contribution in [3.05, 3.63) is 77.6 Å². The number of ether oxygens (including phenoxy) is 1. The zero-order valence-corrected chi connectivity index (χ0v) is 24.8. The summed E-state index contributed by atoms with van der Waals surface area (Å²) >= 11 is 0. The Kier molecular flexibility index (Phi) is 7.54. The van der Waals surface area contributed by atoms with Crippen LogP contribution in [-0.2, 0) is 22.2 Å². The summed E-state index contributed by atoms with van der Waals surface area (Å²) in [7, 11) is 0.370. The average Bonchev–Trinajstić information content (AvgIpc) is 3.60. The summed E-state index contributed by atoms with van der Waals surface area (Å²) in [4.78, 5) is 31.8. The van der Waals surface area contributed by atoms with E-state index in [2.05, 4.69) is 15.0 Å². The lowest BCUT2D eigenvalue weighted by Crippen LogP contribution is -2.52. The topological polar surface area (TPSA) is 107 Å². The van der Waals surface area contributed by atoms with E-state index in [4.69, 9.17) is 9.72 Å². The number of para-hydroxylation sites is 1. The number of piperazine rings is 1. The Hall–Kier alpha value is -4.09. The summed E-state index contributed by atoms with van der Waals surface area (Å²) in [5.41, 5.74) is 4.67. The van der Waals surface area contributed by atoms with Crippen LogP contribution in [0.1, 0.15) is 37.0 Å². The number of methoxy groups -OCH3 is 1. The molecule has 2 unspecified atom stereocenters. The number of aromatic amines is 2. The number of carbonyl (C=O) groups excluding carboxylic acids is 1. The number of carbonyl (C=O) groups is 1. The molecule has 4 heterocycles. The summed E-state index contributed by atoms with van der Waals surface area (Å²) in [5, 5.41) is 1.60. The van der Waals surface area contributed by atoms with E-state index in [1.807, 2.05) is 55.4 Å². The number of aromatic nitrogens is 4. The van der Waals surface area contributed by atoms with Gasteiger partial charge in [0.15, 0.2) is 0 Å². The van der Waals surface area contributed by atoms with Gasteiger partial charge in [0.25, 0.3) is 0 Å². The third kappa shape index (κ3) is 5.18. The van der Waals surface area contributed by atoms with Gasteiger partial charge in [-0.05, 0) is 56.7 Å². The molecule has 2 N–H and O–H groups in total. The van der Waals surface area contributed by atoms with Gasteiger partial charge in [0.05, 0.1) is 47.5 Å². The first-order valence-electron chi connectivity index (χ1n) is 13.9. The van der Waals surface area contributed by atoms with Crippen molar-refractivity contribution in [3.8, 4) is 17.1 Å². The van der Waals surface area contributed by atoms with Crippen LogP contribution >= 0.6 is 0 Å². The second-order valence-electron chi connectivity index (χ2n) is 10.8. The van der Waals surface area contributed by atoms with Crippen LogP contribution in [0.5, 0.6) is 5.88 Å². The molecule has 1 aliphatic heterocycles. The number of nitrogens with one attached hydrogen (secondary N) is 2. The van der Waals surface area contributed by atoms with Crippen LogP contribution in [-0.4, -0.2) is 71.3 Å². The molecule has 1 saturated heterocycles. The number of halogens is 1. The molecule has 0 saturated carbocycles. The maximum absolute atomic E-state index is 14.1. The number of benzene rings is 2. The van der Waals surface area contributed by atoms with E-state index >= 15 is 0 Å². The number of H-pyrrole nitrogens is 2. The highest BCUT2D eigenvalue weighted by Crippen LogP contribution is 2.33. The van der Waals surface area contributed by atoms with Crippen LogP contribution in [0.25, 0.3) is 33.1 Å². The molecule has 0 radical (unpaired) electrons. The second-order valence-corrected chi connectivity index (χ2v) is 12.8. The number of hydrogen-bond acceptors (Lipinski definition) is 5. The number of nitrogens with zero attached hydrogens (tertiary/aromatic N) is 4. The van der Waals surface area contributed by atoms with Crippen molar-refractivity contribution in [2.45, 2.75) is 38.5 Å². The van der Waals surface area contributed by atoms with Crippen LogP contribution in [0, 0.1) is 12.7 Å². The molecule has 3 aromatic heterocycles. The number of rotatable bonds is 7. The van der Waals surface area contributed by atoms with Gasteiger partial charge in [-0.1, -0.05) is 18.2 Å². The van der Waals surface area contributed by atoms with Crippen molar-refractivity contribution < 1.29 is 18.1 Å². The third-order valence-electron chi connectivity index (χ3n) is 7.81. The summed E-state index contributed by atoms with van der Waals surface area (Å²) in [5.74, 6) is 0.594. The number of pyridine rings is 1. The lowest BCUT2D eigenvalue weighted by molar-refractivity contribution is -0.134. The van der Waals surface area contributed by atoms with E-state index in [0.29, 0.717) is 42.4 Å². The van der Waals surface area contributed by atoms with E-state index in [1.165, 1.54) is 12.1 Å². The van der Waals surface area contributed by atoms with E-state index in [1.54, 1.807) is 24.3 Å². The number of amides is 1. The maximum Gasteiger partial charge on any atom is 0.227 e. The lowest BCUT2D eigenvalue weighted by Gasteiger charge is -2.40. The highest BCUT2D eigenvalue weighted by Gasteiger charge is 2.36. The molecule has 5 aromatic rings. The number of fused-ring (bicyclic) bond motifs is 2. The van der Waals surface area contributed by atoms with Crippen LogP contribution in [0.4, 0.5) is 4.39 Å². The first-order chi connectivity index (χ1) is 20.2. The monoisotopic (exact) mass is 588 g/mol. The summed E-state index contributed by atoms with van der Waals surface area (Å²) in [6.07, 6.45) is 1.83. The fourth-order valence-electron chi connectivity index (χ4n) is 5.68. The Bertz CT molecular complexity index is 1820. The van der Waals surface area contributed by atoms with Gasteiger partial charge in [0, 0.05) is 46.9 Å². The zero-order chi connectivity index (χ0) is 29.5. The van der Waals surface area contributed by atoms with Crippen molar-refractivity contribution in [1.29, 1.82) is 0 Å². The predicted octanol–water partition coefficient (Wildman–Crippen LogP) is 5.06. The quantitative estimate of drug-likeness (QED) is 0.276. The molecule has 218 valence electrons. The Morgan fingerprint density at radius 1 is 1.17 bits per heavy atom. The Labute approximate surface area is 245 Å². The molecule has 1 fully saturated rings. The maximum atomic E-state index is 14.1. The average molecular weight is 589 g/mol. The molecule has 6 rings (SSSR count). The first-order valence-corrected chi connectivity index (χ1v) is 15.1. The van der Waals surface area contributed by atoms with Gasteiger partial charge in [-0.25, -0.2) is 22.9 Å². The molecule has 1 amide bonds. The third-order valence-corrected chi connectivity index (χ3v) is 9.46. The highest BCUT2D eigenvalue weighted by molar-refractivity contribution is 7.83. The minimum absolute atomic E-state index is 0.0586. The fraction of sp³-hybridized carbons (Fsp3) is 0.323. The molecular weight excluding hydrogens is 555 g/mol. The summed E-state index contributed by atoms with van der Waals surface area (Å²) in [6.45, 7) is 6.96. The zero-order valence-electron chi connectivity index (χ0n) is 24.0. The van der Waals surface area contributed by atoms with Crippen LogP contribution in [0.3, 0.4) is 0 Å². The number of aryl methyl sites for hydroxylation is 1. The van der Waals surface area contributed by atoms with Crippen LogP contribution in [0.15, 0.2) is 54.7 Å². The second kappa shape index (κ2) is 11.3. The molecule has 2 aromatic carbocycles. The smallest absolute Gasteiger partial charge is 0.227 e. The van der Waals surface area contributed by atoms with Crippen molar-refractivity contribution in [2.75, 3.05) is 26.7 Å². The molecular formula is C31H33FN6O3S. The predicted molar refractivity (Wildman–Crippen MR) is 162 cm³/mol. The Morgan fingerprint density at radius 3 is 2.76 bits per heavy atom. The van der Waals surface area contributed by atoms with Gasteiger partial charge in [-0.3, -0.25) is 4.79 Å². The highest BCUT2D eigenvalue weighted by atomic mass is 32.2. The SMILES string of the molecule is COc1nc2ccccc2cc1-c1cnc(C2CN(S(=O)C(C)C)CCN2C(=O)Cc2c(C)[nH]c3ccc(F)cc23)[nH]1. The molecule has 1 aliphatic rings. The minimum Gasteiger partial charge on any atom is -0.480 e. The van der Waals surface area contributed by atoms with E-state index < -0.39 is 17.0 Å². The first kappa shape index (κ1) is 28.0. The minimum atomic E-state index is -1.21. The number of hydrogen-bond donors (Lipinski definition) is 2. The largest absolute Gasteiger partial charge is 0.480 e. The van der Waals surface area contributed by atoms with Crippen LogP contribution in [0.2, 0.25) is 0 Å². The van der Waals surface area contributed by atoms with Gasteiger partial charge < -0.3 is 19.6 Å². The fourth-order valence-corrected chi connectivity index (χ4v) is 6.82. The van der Waals surface area contributed by atoms with E-state index in [9.17, 15) is 13.4 Å². The van der Waals surface area contributed by atoms with Crippen molar-refractivity contribution in [1.82, 2.24) is 29.1 Å². The van der Waals surface area contributed by atoms with Crippen molar-refractivity contribution in [2.24, 2.45) is 0 Å². The van der Waals surface area contributed by atoms with Gasteiger partial charge >= 0.3 is 0 Å². The van der Waals surface area contributed by atoms with Crippen molar-refractivity contribution >= 4 is 38.7 Å². The molecule has 9 nitrogen and oxygen atoms in total. The van der Waals surface area contributed by atoms with Gasteiger partial charge in [-0.2, -0.15) is 0 Å². The van der Waals surface area contributed by atoms with Gasteiger partial charge in [0.1, 0.15) is 17.7 Å². The molecule has 0 aliphatic carbocycles. The summed E-state index contributed by atoms with van der Waals surface area (Å²) < 4.78 is 34.7. The number of imidazole rings is 1. The van der Waals surface area contributed by atoms with Gasteiger partial charge in [0.2, 0.25) is 11.8 Å². The van der Waals surface area contributed by atoms with Crippen molar-refractivity contribution in [3.63, 3.8) is 0 Å². The van der Waals surface area contributed by atoms with Crippen LogP contribution < -0.4 is 4.74 Å². The Balaban J connectivity index is 1.35.